The number of hydrogen-bond acceptors (Lipinski definition) is 4. The van der Waals surface area contributed by atoms with E-state index in [0.29, 0.717) is 11.8 Å². The van der Waals surface area contributed by atoms with E-state index in [2.05, 4.69) is 20.4 Å². The van der Waals surface area contributed by atoms with Crippen LogP contribution in [0.5, 0.6) is 11.8 Å². The second-order valence-electron chi connectivity index (χ2n) is 3.97. The molecule has 19 heavy (non-hydrogen) atoms. The fourth-order valence-electron chi connectivity index (χ4n) is 1.32. The lowest BCUT2D eigenvalue weighted by Gasteiger charge is -1.91. The normalized spacial score (nSPS) is 9.16. The number of aromatic nitrogens is 4. The lowest BCUT2D eigenvalue weighted by Crippen LogP contribution is -1.83. The molecule has 0 saturated heterocycles. The molecule has 0 aliphatic rings. The quantitative estimate of drug-likeness (QED) is 0.878. The molecule has 6 heteroatoms. The highest BCUT2D eigenvalue weighted by Crippen LogP contribution is 2.15. The first-order chi connectivity index (χ1) is 8.51. The summed E-state index contributed by atoms with van der Waals surface area (Å²) in [6.45, 7) is 7.87. The number of aryl methyl sites for hydroxylation is 2. The molecule has 2 aromatic rings. The number of nitrogens with zero attached hydrogens (tertiary/aromatic N) is 2. The minimum absolute atomic E-state index is 0. The van der Waals surface area contributed by atoms with Crippen LogP contribution in [-0.2, 0) is 0 Å². The minimum Gasteiger partial charge on any atom is -0.480 e. The van der Waals surface area contributed by atoms with Crippen molar-refractivity contribution in [2.24, 2.45) is 0 Å². The van der Waals surface area contributed by atoms with Crippen LogP contribution in [0.4, 0.5) is 0 Å². The molecule has 0 aromatic carbocycles. The van der Waals surface area contributed by atoms with Gasteiger partial charge in [-0.25, -0.2) is 0 Å². The molecule has 0 atom stereocenters. The van der Waals surface area contributed by atoms with E-state index < -0.39 is 0 Å². The van der Waals surface area contributed by atoms with Gasteiger partial charge in [0.05, 0.1) is 14.2 Å². The Hall–Kier alpha value is -1.98. The Balaban J connectivity index is 0.000000324. The van der Waals surface area contributed by atoms with Crippen LogP contribution in [0.1, 0.15) is 29.9 Å². The molecule has 0 spiro atoms. The third kappa shape index (κ3) is 4.01. The summed E-state index contributed by atoms with van der Waals surface area (Å²) in [4.78, 5) is 0. The van der Waals surface area contributed by atoms with Crippen molar-refractivity contribution in [3.05, 3.63) is 22.5 Å². The zero-order valence-corrected chi connectivity index (χ0v) is 11.7. The average Bonchev–Trinajstić information content (AvgIpc) is 2.86. The Morgan fingerprint density at radius 2 is 1.05 bits per heavy atom. The second kappa shape index (κ2) is 7.45. The molecule has 6 nitrogen and oxygen atoms in total. The van der Waals surface area contributed by atoms with Crippen LogP contribution in [0.2, 0.25) is 0 Å². The van der Waals surface area contributed by atoms with E-state index >= 15 is 0 Å². The van der Waals surface area contributed by atoms with Crippen LogP contribution < -0.4 is 9.47 Å². The average molecular weight is 268 g/mol. The SMILES string of the molecule is C.COc1n[nH]c(C)c1C.COc1n[nH]c(C)c1C. The minimum atomic E-state index is 0. The summed E-state index contributed by atoms with van der Waals surface area (Å²) in [6, 6.07) is 0. The second-order valence-corrected chi connectivity index (χ2v) is 3.97. The fourth-order valence-corrected chi connectivity index (χ4v) is 1.32. The highest BCUT2D eigenvalue weighted by molar-refractivity contribution is 5.27. The maximum absolute atomic E-state index is 4.92. The fraction of sp³-hybridized carbons (Fsp3) is 0.538. The molecule has 0 radical (unpaired) electrons. The maximum Gasteiger partial charge on any atom is 0.235 e. The van der Waals surface area contributed by atoms with Crippen LogP contribution in [0.3, 0.4) is 0 Å². The Morgan fingerprint density at radius 3 is 1.16 bits per heavy atom. The Bertz CT molecular complexity index is 456. The van der Waals surface area contributed by atoms with Crippen LogP contribution in [0.25, 0.3) is 0 Å². The Labute approximate surface area is 114 Å². The lowest BCUT2D eigenvalue weighted by atomic mass is 10.3. The predicted octanol–water partition coefficient (Wildman–Crippen LogP) is 2.71. The highest BCUT2D eigenvalue weighted by atomic mass is 16.5. The number of aromatic amines is 2. The zero-order chi connectivity index (χ0) is 13.7. The van der Waals surface area contributed by atoms with Crippen LogP contribution >= 0.6 is 0 Å². The van der Waals surface area contributed by atoms with Gasteiger partial charge in [-0.2, -0.15) is 0 Å². The zero-order valence-electron chi connectivity index (χ0n) is 11.7. The van der Waals surface area contributed by atoms with E-state index in [9.17, 15) is 0 Å². The first-order valence-electron chi connectivity index (χ1n) is 5.62. The molecule has 108 valence electrons. The van der Waals surface area contributed by atoms with E-state index in [1.807, 2.05) is 27.7 Å². The van der Waals surface area contributed by atoms with Crippen LogP contribution in [0, 0.1) is 27.7 Å². The topological polar surface area (TPSA) is 75.8 Å². The van der Waals surface area contributed by atoms with E-state index in [1.165, 1.54) is 0 Å². The molecule has 2 aromatic heterocycles. The number of methoxy groups -OCH3 is 2. The van der Waals surface area contributed by atoms with E-state index in [1.54, 1.807) is 14.2 Å². The third-order valence-corrected chi connectivity index (χ3v) is 2.80. The van der Waals surface area contributed by atoms with Crippen molar-refractivity contribution in [2.75, 3.05) is 14.2 Å². The summed E-state index contributed by atoms with van der Waals surface area (Å²) in [6.07, 6.45) is 0. The highest BCUT2D eigenvalue weighted by Gasteiger charge is 2.03. The molecule has 2 N–H and O–H groups in total. The van der Waals surface area contributed by atoms with Gasteiger partial charge in [-0.1, -0.05) is 7.43 Å². The number of rotatable bonds is 2. The van der Waals surface area contributed by atoms with Crippen molar-refractivity contribution in [3.8, 4) is 11.8 Å². The van der Waals surface area contributed by atoms with Crippen molar-refractivity contribution < 1.29 is 9.47 Å². The van der Waals surface area contributed by atoms with Crippen molar-refractivity contribution in [3.63, 3.8) is 0 Å². The number of nitrogens with one attached hydrogen (secondary N) is 2. The molecule has 0 saturated carbocycles. The first kappa shape index (κ1) is 17.0. The molecule has 0 bridgehead atoms. The molecule has 0 aliphatic carbocycles. The van der Waals surface area contributed by atoms with Gasteiger partial charge in [0.2, 0.25) is 11.8 Å². The van der Waals surface area contributed by atoms with Crippen LogP contribution in [-0.4, -0.2) is 34.6 Å². The standard InChI is InChI=1S/2C6H10N2O.CH4/c2*1-4-5(2)7-8-6(4)9-3;/h2*1-3H3,(H,7,8);1H4. The predicted molar refractivity (Wildman–Crippen MR) is 76.0 cm³/mol. The Kier molecular flexibility index (Phi) is 6.68. The number of hydrogen-bond donors (Lipinski definition) is 2. The van der Waals surface area contributed by atoms with Gasteiger partial charge >= 0.3 is 0 Å². The molecule has 0 unspecified atom stereocenters. The molecule has 0 aliphatic heterocycles. The third-order valence-electron chi connectivity index (χ3n) is 2.80. The van der Waals surface area contributed by atoms with Gasteiger partial charge < -0.3 is 9.47 Å². The monoisotopic (exact) mass is 268 g/mol. The van der Waals surface area contributed by atoms with Gasteiger partial charge in [-0.15, -0.1) is 10.2 Å². The summed E-state index contributed by atoms with van der Waals surface area (Å²) in [5.41, 5.74) is 4.29. The molecular formula is C13H24N4O2. The Morgan fingerprint density at radius 1 is 0.737 bits per heavy atom. The largest absolute Gasteiger partial charge is 0.480 e. The van der Waals surface area contributed by atoms with Gasteiger partial charge in [0.1, 0.15) is 0 Å². The van der Waals surface area contributed by atoms with Gasteiger partial charge in [0, 0.05) is 22.5 Å². The maximum atomic E-state index is 4.92. The summed E-state index contributed by atoms with van der Waals surface area (Å²) in [7, 11) is 3.23. The number of H-pyrrole nitrogens is 2. The van der Waals surface area contributed by atoms with Gasteiger partial charge in [0.25, 0.3) is 0 Å². The first-order valence-corrected chi connectivity index (χ1v) is 5.62. The number of ether oxygens (including phenoxy) is 2. The smallest absolute Gasteiger partial charge is 0.235 e. The summed E-state index contributed by atoms with van der Waals surface area (Å²) in [5, 5.41) is 13.4. The van der Waals surface area contributed by atoms with Crippen molar-refractivity contribution in [2.45, 2.75) is 35.1 Å². The molecule has 2 heterocycles. The van der Waals surface area contributed by atoms with Gasteiger partial charge in [-0.05, 0) is 27.7 Å². The molecule has 2 rings (SSSR count). The summed E-state index contributed by atoms with van der Waals surface area (Å²) >= 11 is 0. The van der Waals surface area contributed by atoms with Crippen molar-refractivity contribution >= 4 is 0 Å². The van der Waals surface area contributed by atoms with Gasteiger partial charge in [-0.3, -0.25) is 10.2 Å². The van der Waals surface area contributed by atoms with Crippen molar-refractivity contribution in [1.82, 2.24) is 20.4 Å². The van der Waals surface area contributed by atoms with E-state index in [4.69, 9.17) is 9.47 Å². The lowest BCUT2D eigenvalue weighted by molar-refractivity contribution is 0.394. The van der Waals surface area contributed by atoms with Crippen LogP contribution in [0.15, 0.2) is 0 Å². The van der Waals surface area contributed by atoms with Gasteiger partial charge in [0.15, 0.2) is 0 Å². The molecular weight excluding hydrogens is 244 g/mol. The summed E-state index contributed by atoms with van der Waals surface area (Å²) in [5.74, 6) is 1.38. The van der Waals surface area contributed by atoms with Crippen molar-refractivity contribution in [1.29, 1.82) is 0 Å². The molecule has 0 fully saturated rings. The van der Waals surface area contributed by atoms with E-state index in [0.717, 1.165) is 22.5 Å². The molecule has 0 amide bonds. The summed E-state index contributed by atoms with van der Waals surface area (Å²) < 4.78 is 9.85. The van der Waals surface area contributed by atoms with E-state index in [-0.39, 0.29) is 7.43 Å².